The van der Waals surface area contributed by atoms with Gasteiger partial charge in [0.05, 0.1) is 6.26 Å². The van der Waals surface area contributed by atoms with Crippen LogP contribution in [0.1, 0.15) is 33.1 Å². The maximum absolute atomic E-state index is 10.3. The van der Waals surface area contributed by atoms with Crippen LogP contribution in [0.15, 0.2) is 12.8 Å². The first-order valence-corrected chi connectivity index (χ1v) is 4.10. The third kappa shape index (κ3) is 18.0. The number of hydrogen-bond donors (Lipinski definition) is 1. The maximum Gasteiger partial charge on any atom is 0.310 e. The normalized spacial score (nSPS) is 7.85. The molecule has 0 aromatic heterocycles. The Hall–Kier alpha value is -1.32. The first-order chi connectivity index (χ1) is 6.08. The minimum absolute atomic E-state index is 0.206. The molecule has 0 rings (SSSR count). The molecule has 76 valence electrons. The van der Waals surface area contributed by atoms with Crippen LogP contribution in [-0.4, -0.2) is 17.0 Å². The third-order valence-electron chi connectivity index (χ3n) is 0.971. The summed E-state index contributed by atoms with van der Waals surface area (Å²) in [5, 5.41) is 7.72. The molecule has 0 bridgehead atoms. The lowest BCUT2D eigenvalue weighted by atomic mass is 10.3. The summed E-state index contributed by atoms with van der Waals surface area (Å²) in [5.41, 5.74) is 0. The molecule has 0 radical (unpaired) electrons. The van der Waals surface area contributed by atoms with E-state index in [2.05, 4.69) is 11.3 Å². The lowest BCUT2D eigenvalue weighted by Gasteiger charge is -1.92. The Kier molecular flexibility index (Phi) is 11.7. The summed E-state index contributed by atoms with van der Waals surface area (Å²) >= 11 is 0. The van der Waals surface area contributed by atoms with Gasteiger partial charge in [-0.1, -0.05) is 20.4 Å². The number of carbonyl (C=O) groups excluding carboxylic acids is 1. The van der Waals surface area contributed by atoms with Crippen molar-refractivity contribution in [3.8, 4) is 0 Å². The number of carbonyl (C=O) groups is 2. The van der Waals surface area contributed by atoms with Gasteiger partial charge in [0.1, 0.15) is 0 Å². The molecule has 0 aromatic rings. The lowest BCUT2D eigenvalue weighted by molar-refractivity contribution is -0.138. The van der Waals surface area contributed by atoms with Crippen LogP contribution in [0.4, 0.5) is 0 Å². The van der Waals surface area contributed by atoms with Crippen LogP contribution in [0.25, 0.3) is 0 Å². The first-order valence-electron chi connectivity index (χ1n) is 4.10. The molecule has 0 saturated carbocycles. The van der Waals surface area contributed by atoms with E-state index in [-0.39, 0.29) is 12.4 Å². The van der Waals surface area contributed by atoms with Gasteiger partial charge in [0.15, 0.2) is 0 Å². The van der Waals surface area contributed by atoms with Crippen molar-refractivity contribution < 1.29 is 19.4 Å². The zero-order valence-electron chi connectivity index (χ0n) is 8.08. The number of aliphatic carboxylic acids is 1. The number of rotatable bonds is 4. The molecule has 4 nitrogen and oxygen atoms in total. The van der Waals surface area contributed by atoms with E-state index in [4.69, 9.17) is 5.11 Å². The fourth-order valence-corrected chi connectivity index (χ4v) is 0.356. The quantitative estimate of drug-likeness (QED) is 0.541. The van der Waals surface area contributed by atoms with Crippen LogP contribution in [0.2, 0.25) is 0 Å². The molecule has 0 aliphatic rings. The molecule has 0 unspecified atom stereocenters. The zero-order chi connectivity index (χ0) is 10.7. The molecule has 0 aliphatic carbocycles. The Bertz CT molecular complexity index is 163. The van der Waals surface area contributed by atoms with Crippen molar-refractivity contribution in [2.45, 2.75) is 33.1 Å². The highest BCUT2D eigenvalue weighted by atomic mass is 16.5. The molecule has 4 heteroatoms. The van der Waals surface area contributed by atoms with E-state index in [0.29, 0.717) is 6.42 Å². The fraction of sp³-hybridized carbons (Fsp3) is 0.556. The van der Waals surface area contributed by atoms with Crippen LogP contribution < -0.4 is 0 Å². The third-order valence-corrected chi connectivity index (χ3v) is 0.971. The van der Waals surface area contributed by atoms with Gasteiger partial charge in [-0.3, -0.25) is 9.59 Å². The van der Waals surface area contributed by atoms with E-state index < -0.39 is 5.97 Å². The van der Waals surface area contributed by atoms with Gasteiger partial charge in [0.2, 0.25) is 0 Å². The molecule has 0 fully saturated rings. The van der Waals surface area contributed by atoms with E-state index in [0.717, 1.165) is 12.7 Å². The van der Waals surface area contributed by atoms with Crippen molar-refractivity contribution in [3.05, 3.63) is 12.8 Å². The van der Waals surface area contributed by atoms with Crippen molar-refractivity contribution >= 4 is 11.9 Å². The molecule has 0 aromatic carbocycles. The van der Waals surface area contributed by atoms with Crippen molar-refractivity contribution in [3.63, 3.8) is 0 Å². The highest BCUT2D eigenvalue weighted by Gasteiger charge is 1.94. The number of esters is 1. The van der Waals surface area contributed by atoms with E-state index >= 15 is 0 Å². The van der Waals surface area contributed by atoms with E-state index in [1.165, 1.54) is 0 Å². The minimum atomic E-state index is -0.745. The maximum atomic E-state index is 10.3. The predicted molar refractivity (Wildman–Crippen MR) is 49.1 cm³/mol. The summed E-state index contributed by atoms with van der Waals surface area (Å²) in [4.78, 5) is 19.7. The second-order valence-corrected chi connectivity index (χ2v) is 2.15. The Morgan fingerprint density at radius 3 is 2.15 bits per heavy atom. The molecule has 13 heavy (non-hydrogen) atoms. The molecule has 1 N–H and O–H groups in total. The average molecular weight is 188 g/mol. The highest BCUT2D eigenvalue weighted by molar-refractivity contribution is 5.69. The fourth-order valence-electron chi connectivity index (χ4n) is 0.356. The summed E-state index contributed by atoms with van der Waals surface area (Å²) in [5.74, 6) is -0.951. The van der Waals surface area contributed by atoms with Gasteiger partial charge in [-0.2, -0.15) is 0 Å². The summed E-state index contributed by atoms with van der Waals surface area (Å²) in [6.07, 6.45) is 2.68. The zero-order valence-corrected chi connectivity index (χ0v) is 8.08. The first kappa shape index (κ1) is 14.2. The Balaban J connectivity index is 0. The standard InChI is InChI=1S/C6H10O2.C3H6O2/c1-3-5-6(7)8-4-2;1-2-3(4)5/h4H,2-3,5H2,1H3;2H2,1H3,(H,4,5). The van der Waals surface area contributed by atoms with Gasteiger partial charge >= 0.3 is 11.9 Å². The van der Waals surface area contributed by atoms with Crippen LogP contribution in [0.5, 0.6) is 0 Å². The molecular formula is C9H16O4. The van der Waals surface area contributed by atoms with Gasteiger partial charge in [-0.25, -0.2) is 0 Å². The Morgan fingerprint density at radius 1 is 1.46 bits per heavy atom. The van der Waals surface area contributed by atoms with Gasteiger partial charge < -0.3 is 9.84 Å². The Labute approximate surface area is 78.2 Å². The molecule has 0 spiro atoms. The molecule has 0 heterocycles. The summed E-state index contributed by atoms with van der Waals surface area (Å²) in [6.45, 7) is 6.76. The van der Waals surface area contributed by atoms with Crippen LogP contribution in [0.3, 0.4) is 0 Å². The number of carboxylic acids is 1. The second-order valence-electron chi connectivity index (χ2n) is 2.15. The number of hydrogen-bond acceptors (Lipinski definition) is 3. The Morgan fingerprint density at radius 2 is 1.92 bits per heavy atom. The molecule has 0 amide bonds. The largest absolute Gasteiger partial charge is 0.481 e. The summed E-state index contributed by atoms with van der Waals surface area (Å²) < 4.78 is 4.41. The van der Waals surface area contributed by atoms with Crippen molar-refractivity contribution in [2.24, 2.45) is 0 Å². The topological polar surface area (TPSA) is 63.6 Å². The van der Waals surface area contributed by atoms with E-state index in [1.807, 2.05) is 6.92 Å². The van der Waals surface area contributed by atoms with Gasteiger partial charge in [-0.15, -0.1) is 0 Å². The van der Waals surface area contributed by atoms with Gasteiger partial charge in [0, 0.05) is 12.8 Å². The van der Waals surface area contributed by atoms with Gasteiger partial charge in [0.25, 0.3) is 0 Å². The highest BCUT2D eigenvalue weighted by Crippen LogP contribution is 1.89. The van der Waals surface area contributed by atoms with Gasteiger partial charge in [-0.05, 0) is 6.42 Å². The molecule has 0 aliphatic heterocycles. The molecular weight excluding hydrogens is 172 g/mol. The average Bonchev–Trinajstić information content (AvgIpc) is 2.06. The van der Waals surface area contributed by atoms with Crippen LogP contribution >= 0.6 is 0 Å². The predicted octanol–water partition coefficient (Wildman–Crippen LogP) is 1.95. The monoisotopic (exact) mass is 188 g/mol. The smallest absolute Gasteiger partial charge is 0.310 e. The van der Waals surface area contributed by atoms with Crippen molar-refractivity contribution in [1.82, 2.24) is 0 Å². The summed E-state index contributed by atoms with van der Waals surface area (Å²) in [7, 11) is 0. The summed E-state index contributed by atoms with van der Waals surface area (Å²) in [6, 6.07) is 0. The number of carboxylic acid groups (broad SMARTS) is 1. The number of ether oxygens (including phenoxy) is 1. The minimum Gasteiger partial charge on any atom is -0.481 e. The SMILES string of the molecule is C=COC(=O)CCC.CCC(=O)O. The van der Waals surface area contributed by atoms with Crippen molar-refractivity contribution in [1.29, 1.82) is 0 Å². The van der Waals surface area contributed by atoms with Crippen molar-refractivity contribution in [2.75, 3.05) is 0 Å². The van der Waals surface area contributed by atoms with Crippen LogP contribution in [-0.2, 0) is 14.3 Å². The molecule has 0 saturated heterocycles. The van der Waals surface area contributed by atoms with E-state index in [9.17, 15) is 9.59 Å². The lowest BCUT2D eigenvalue weighted by Crippen LogP contribution is -1.96. The second kappa shape index (κ2) is 10.7. The van der Waals surface area contributed by atoms with Crippen LogP contribution in [0, 0.1) is 0 Å². The molecule has 0 atom stereocenters. The van der Waals surface area contributed by atoms with E-state index in [1.54, 1.807) is 6.92 Å².